The number of anilines is 1. The van der Waals surface area contributed by atoms with Crippen LogP contribution in [0, 0.1) is 0 Å². The Bertz CT molecular complexity index is 1510. The van der Waals surface area contributed by atoms with Crippen molar-refractivity contribution >= 4 is 11.6 Å². The van der Waals surface area contributed by atoms with E-state index in [0.717, 1.165) is 6.07 Å². The maximum absolute atomic E-state index is 15.8. The molecule has 6 rings (SSSR count). The number of aromatic amines is 1. The summed E-state index contributed by atoms with van der Waals surface area (Å²) in [6, 6.07) is 8.73. The van der Waals surface area contributed by atoms with Crippen molar-refractivity contribution in [3.8, 4) is 11.5 Å². The second kappa shape index (κ2) is 8.65. The first-order chi connectivity index (χ1) is 18.2. The van der Waals surface area contributed by atoms with Gasteiger partial charge in [-0.3, -0.25) is 9.89 Å². The van der Waals surface area contributed by atoms with Gasteiger partial charge < -0.3 is 18.9 Å². The Labute approximate surface area is 213 Å². The molecule has 1 fully saturated rings. The fourth-order valence-electron chi connectivity index (χ4n) is 4.87. The molecule has 2 aromatic carbocycles. The van der Waals surface area contributed by atoms with Crippen LogP contribution in [-0.4, -0.2) is 44.1 Å². The number of benzene rings is 2. The molecule has 13 heteroatoms. The molecular formula is C25H20F4N6O3. The van der Waals surface area contributed by atoms with Crippen LogP contribution in [0.1, 0.15) is 39.0 Å². The Morgan fingerprint density at radius 1 is 1.18 bits per heavy atom. The van der Waals surface area contributed by atoms with E-state index in [9.17, 15) is 18.0 Å². The molecule has 1 N–H and O–H groups in total. The summed E-state index contributed by atoms with van der Waals surface area (Å²) in [5.74, 6) is -0.437. The molecule has 0 radical (unpaired) electrons. The lowest BCUT2D eigenvalue weighted by atomic mass is 9.74. The smallest absolute Gasteiger partial charge is 0.416 e. The summed E-state index contributed by atoms with van der Waals surface area (Å²) < 4.78 is 70.2. The predicted molar refractivity (Wildman–Crippen MR) is 124 cm³/mol. The maximum atomic E-state index is 15.8. The van der Waals surface area contributed by atoms with Crippen molar-refractivity contribution in [1.82, 2.24) is 25.0 Å². The van der Waals surface area contributed by atoms with Crippen molar-refractivity contribution in [2.75, 3.05) is 18.1 Å². The minimum absolute atomic E-state index is 0.0750. The number of amides is 1. The van der Waals surface area contributed by atoms with Gasteiger partial charge in [0.15, 0.2) is 17.7 Å². The Kier molecular flexibility index (Phi) is 5.49. The average Bonchev–Trinajstić information content (AvgIpc) is 3.59. The average molecular weight is 528 g/mol. The van der Waals surface area contributed by atoms with Crippen molar-refractivity contribution in [2.24, 2.45) is 7.05 Å². The number of carbonyl (C=O) groups is 1. The molecule has 0 saturated carbocycles. The number of halogens is 4. The lowest BCUT2D eigenvalue weighted by Crippen LogP contribution is -2.50. The first kappa shape index (κ1) is 24.1. The zero-order valence-corrected chi connectivity index (χ0v) is 19.9. The van der Waals surface area contributed by atoms with Gasteiger partial charge in [-0.1, -0.05) is 12.1 Å². The second-order valence-corrected chi connectivity index (χ2v) is 9.28. The van der Waals surface area contributed by atoms with Crippen LogP contribution in [0.4, 0.5) is 23.2 Å². The summed E-state index contributed by atoms with van der Waals surface area (Å²) in [6.45, 7) is -0.151. The van der Waals surface area contributed by atoms with Crippen LogP contribution >= 0.6 is 0 Å². The van der Waals surface area contributed by atoms with E-state index < -0.39 is 29.2 Å². The summed E-state index contributed by atoms with van der Waals surface area (Å²) in [7, 11) is 1.63. The molecule has 0 spiro atoms. The standard InChI is InChI=1S/C25H20F4N6O3/c1-34-13-32-33-22(34)21(26)24(11-37-12-24)14-3-2-4-15(5-14)35-10-19-18(23(35)36)6-16(7-20(19)25(27,28)29)38-17-8-30-31-9-17/h2-9,13,21H,10-12H2,1H3,(H,30,31)/t21-/m1/s1. The van der Waals surface area contributed by atoms with Gasteiger partial charge in [-0.15, -0.1) is 10.2 Å². The third kappa shape index (κ3) is 3.81. The predicted octanol–water partition coefficient (Wildman–Crippen LogP) is 4.49. The first-order valence-corrected chi connectivity index (χ1v) is 11.6. The third-order valence-corrected chi connectivity index (χ3v) is 6.94. The molecule has 9 nitrogen and oxygen atoms in total. The van der Waals surface area contributed by atoms with Crippen LogP contribution in [0.5, 0.6) is 11.5 Å². The molecule has 2 aliphatic heterocycles. The van der Waals surface area contributed by atoms with E-state index in [1.807, 2.05) is 0 Å². The van der Waals surface area contributed by atoms with Crippen molar-refractivity contribution in [2.45, 2.75) is 24.3 Å². The zero-order valence-electron chi connectivity index (χ0n) is 19.9. The minimum Gasteiger partial charge on any atom is -0.454 e. The Morgan fingerprint density at radius 3 is 2.63 bits per heavy atom. The number of rotatable bonds is 6. The van der Waals surface area contributed by atoms with Gasteiger partial charge >= 0.3 is 6.18 Å². The monoisotopic (exact) mass is 528 g/mol. The highest BCUT2D eigenvalue weighted by molar-refractivity contribution is 6.10. The number of aromatic nitrogens is 5. The second-order valence-electron chi connectivity index (χ2n) is 9.28. The largest absolute Gasteiger partial charge is 0.454 e. The molecule has 38 heavy (non-hydrogen) atoms. The van der Waals surface area contributed by atoms with Gasteiger partial charge in [0.2, 0.25) is 0 Å². The van der Waals surface area contributed by atoms with Crippen LogP contribution in [-0.2, 0) is 29.9 Å². The van der Waals surface area contributed by atoms with Gasteiger partial charge in [0.05, 0.1) is 43.1 Å². The lowest BCUT2D eigenvalue weighted by Gasteiger charge is -2.43. The quantitative estimate of drug-likeness (QED) is 0.371. The van der Waals surface area contributed by atoms with E-state index in [0.29, 0.717) is 11.3 Å². The van der Waals surface area contributed by atoms with E-state index in [2.05, 4.69) is 20.4 Å². The minimum atomic E-state index is -4.72. The molecule has 1 atom stereocenters. The molecule has 4 heterocycles. The van der Waals surface area contributed by atoms with Crippen LogP contribution in [0.2, 0.25) is 0 Å². The van der Waals surface area contributed by atoms with Crippen molar-refractivity contribution in [3.05, 3.63) is 83.2 Å². The molecule has 0 aliphatic carbocycles. The number of alkyl halides is 4. The molecule has 0 unspecified atom stereocenters. The van der Waals surface area contributed by atoms with Gasteiger partial charge in [0.25, 0.3) is 5.91 Å². The number of ether oxygens (including phenoxy) is 2. The highest BCUT2D eigenvalue weighted by atomic mass is 19.4. The van der Waals surface area contributed by atoms with Gasteiger partial charge in [-0.25, -0.2) is 4.39 Å². The summed E-state index contributed by atoms with van der Waals surface area (Å²) in [5.41, 5.74) is -1.43. The maximum Gasteiger partial charge on any atom is 0.416 e. The van der Waals surface area contributed by atoms with Crippen molar-refractivity contribution in [1.29, 1.82) is 0 Å². The van der Waals surface area contributed by atoms with Crippen molar-refractivity contribution < 1.29 is 31.8 Å². The number of H-pyrrole nitrogens is 1. The number of hydrogen-bond donors (Lipinski definition) is 1. The Hall–Kier alpha value is -4.26. The number of hydrogen-bond acceptors (Lipinski definition) is 6. The first-order valence-electron chi connectivity index (χ1n) is 11.6. The van der Waals surface area contributed by atoms with Crippen LogP contribution in [0.3, 0.4) is 0 Å². The Balaban J connectivity index is 1.36. The molecule has 0 bridgehead atoms. The fraction of sp³-hybridized carbons (Fsp3) is 0.280. The molecule has 4 aromatic rings. The highest BCUT2D eigenvalue weighted by Gasteiger charge is 2.51. The van der Waals surface area contributed by atoms with E-state index in [-0.39, 0.29) is 48.2 Å². The summed E-state index contributed by atoms with van der Waals surface area (Å²) in [4.78, 5) is 14.6. The number of carbonyl (C=O) groups excluding carboxylic acids is 1. The zero-order chi connectivity index (χ0) is 26.7. The lowest BCUT2D eigenvalue weighted by molar-refractivity contribution is -0.138. The molecule has 2 aliphatic rings. The SMILES string of the molecule is Cn1cnnc1[C@@H](F)C1(c2cccc(N3Cc4c(cc(Oc5cn[nH]c5)cc4C(F)(F)F)C3=O)c2)COC1. The summed E-state index contributed by atoms with van der Waals surface area (Å²) >= 11 is 0. The van der Waals surface area contributed by atoms with Crippen LogP contribution < -0.4 is 9.64 Å². The van der Waals surface area contributed by atoms with E-state index in [1.54, 1.807) is 31.3 Å². The fourth-order valence-corrected chi connectivity index (χ4v) is 4.87. The highest BCUT2D eigenvalue weighted by Crippen LogP contribution is 2.47. The van der Waals surface area contributed by atoms with Gasteiger partial charge in [-0.2, -0.15) is 18.3 Å². The van der Waals surface area contributed by atoms with Gasteiger partial charge in [-0.05, 0) is 35.4 Å². The van der Waals surface area contributed by atoms with E-state index in [1.165, 1.54) is 34.3 Å². The molecule has 2 aromatic heterocycles. The molecule has 196 valence electrons. The normalized spacial score (nSPS) is 17.3. The number of fused-ring (bicyclic) bond motifs is 1. The number of nitrogens with zero attached hydrogens (tertiary/aromatic N) is 5. The topological polar surface area (TPSA) is 98.2 Å². The molecule has 1 saturated heterocycles. The van der Waals surface area contributed by atoms with E-state index >= 15 is 4.39 Å². The molecular weight excluding hydrogens is 508 g/mol. The Morgan fingerprint density at radius 2 is 2.00 bits per heavy atom. The van der Waals surface area contributed by atoms with Gasteiger partial charge in [0.1, 0.15) is 12.1 Å². The molecule has 1 amide bonds. The van der Waals surface area contributed by atoms with E-state index in [4.69, 9.17) is 9.47 Å². The number of nitrogens with one attached hydrogen (secondary N) is 1. The number of aryl methyl sites for hydroxylation is 1. The van der Waals surface area contributed by atoms with Crippen molar-refractivity contribution in [3.63, 3.8) is 0 Å². The summed E-state index contributed by atoms with van der Waals surface area (Å²) in [6.07, 6.45) is -2.19. The third-order valence-electron chi connectivity index (χ3n) is 6.94. The summed E-state index contributed by atoms with van der Waals surface area (Å²) in [5, 5.41) is 13.9. The van der Waals surface area contributed by atoms with Gasteiger partial charge in [0, 0.05) is 18.3 Å². The van der Waals surface area contributed by atoms with Crippen LogP contribution in [0.15, 0.2) is 55.1 Å². The van der Waals surface area contributed by atoms with Crippen LogP contribution in [0.25, 0.3) is 0 Å².